The van der Waals surface area contributed by atoms with Crippen LogP contribution >= 0.6 is 0 Å². The molecular formula is C26H34N2O5. The first-order valence-electron chi connectivity index (χ1n) is 11.2. The van der Waals surface area contributed by atoms with Crippen molar-refractivity contribution >= 4 is 17.8 Å². The fourth-order valence-corrected chi connectivity index (χ4v) is 4.13. The summed E-state index contributed by atoms with van der Waals surface area (Å²) in [5.41, 5.74) is 8.58. The van der Waals surface area contributed by atoms with Crippen molar-refractivity contribution in [2.45, 2.75) is 58.0 Å². The second-order valence-corrected chi connectivity index (χ2v) is 8.01. The maximum absolute atomic E-state index is 12.8. The highest BCUT2D eigenvalue weighted by atomic mass is 16.5. The van der Waals surface area contributed by atoms with E-state index in [-0.39, 0.29) is 24.4 Å². The van der Waals surface area contributed by atoms with E-state index in [1.165, 1.54) is 6.92 Å². The first kappa shape index (κ1) is 25.9. The number of amides is 2. The number of ether oxygens (including phenoxy) is 2. The predicted octanol–water partition coefficient (Wildman–Crippen LogP) is 4.05. The normalized spacial score (nSPS) is 12.5. The minimum atomic E-state index is -0.719. The van der Waals surface area contributed by atoms with Gasteiger partial charge >= 0.3 is 5.97 Å². The van der Waals surface area contributed by atoms with Crippen LogP contribution in [-0.4, -0.2) is 31.9 Å². The average Bonchev–Trinajstić information content (AvgIpc) is 2.81. The lowest BCUT2D eigenvalue weighted by Crippen LogP contribution is -2.30. The molecule has 2 unspecified atom stereocenters. The Balaban J connectivity index is 2.59. The molecule has 0 heterocycles. The minimum Gasteiger partial charge on any atom is -0.496 e. The number of unbranched alkanes of at least 4 members (excludes halogenated alkanes) is 2. The van der Waals surface area contributed by atoms with Crippen LogP contribution in [0.2, 0.25) is 0 Å². The van der Waals surface area contributed by atoms with Gasteiger partial charge in [0.15, 0.2) is 0 Å². The topological polar surface area (TPSA) is 108 Å². The van der Waals surface area contributed by atoms with E-state index in [0.717, 1.165) is 30.4 Å². The van der Waals surface area contributed by atoms with E-state index in [0.29, 0.717) is 23.3 Å². The molecule has 0 bridgehead atoms. The van der Waals surface area contributed by atoms with Gasteiger partial charge in [0.1, 0.15) is 12.4 Å². The fourth-order valence-electron chi connectivity index (χ4n) is 4.13. The van der Waals surface area contributed by atoms with E-state index in [1.807, 2.05) is 18.2 Å². The molecule has 2 amide bonds. The van der Waals surface area contributed by atoms with E-state index in [1.54, 1.807) is 38.4 Å². The second-order valence-electron chi connectivity index (χ2n) is 8.01. The van der Waals surface area contributed by atoms with E-state index < -0.39 is 11.8 Å². The van der Waals surface area contributed by atoms with Crippen LogP contribution in [0.3, 0.4) is 0 Å². The van der Waals surface area contributed by atoms with Crippen molar-refractivity contribution in [3.05, 3.63) is 64.7 Å². The molecule has 7 nitrogen and oxygen atoms in total. The van der Waals surface area contributed by atoms with Crippen LogP contribution < -0.4 is 15.8 Å². The number of nitrogens with two attached hydrogens (primary N) is 1. The van der Waals surface area contributed by atoms with Crippen molar-refractivity contribution in [2.75, 3.05) is 14.2 Å². The molecule has 3 N–H and O–H groups in total. The van der Waals surface area contributed by atoms with E-state index >= 15 is 0 Å². The van der Waals surface area contributed by atoms with Gasteiger partial charge in [-0.25, -0.2) is 0 Å². The molecule has 0 saturated carbocycles. The van der Waals surface area contributed by atoms with E-state index in [9.17, 15) is 14.4 Å². The second kappa shape index (κ2) is 12.6. The van der Waals surface area contributed by atoms with Crippen LogP contribution in [0, 0.1) is 0 Å². The third-order valence-electron chi connectivity index (χ3n) is 5.73. The van der Waals surface area contributed by atoms with Crippen LogP contribution in [-0.2, 0) is 20.9 Å². The zero-order valence-electron chi connectivity index (χ0n) is 19.9. The standard InChI is InChI=1S/C26H34N2O5/c1-5-6-7-10-20(19-14-13-18(15-23(19)32-4)16-33-17(2)29)24(25(27)30)21-11-8-9-12-22(21)26(31)28-3/h8-9,11-15,20,24H,5-7,10,16H2,1-4H3,(H2,27,30)(H,28,31). The zero-order chi connectivity index (χ0) is 24.4. The molecule has 0 aromatic heterocycles. The minimum absolute atomic E-state index is 0.130. The number of hydrogen-bond donors (Lipinski definition) is 2. The van der Waals surface area contributed by atoms with Crippen molar-refractivity contribution < 1.29 is 23.9 Å². The summed E-state index contributed by atoms with van der Waals surface area (Å²) < 4.78 is 10.8. The van der Waals surface area contributed by atoms with Crippen LogP contribution in [0.25, 0.3) is 0 Å². The summed E-state index contributed by atoms with van der Waals surface area (Å²) in [5.74, 6) is -1.56. The summed E-state index contributed by atoms with van der Waals surface area (Å²) in [6, 6.07) is 12.6. The number of carbonyl (C=O) groups is 3. The van der Waals surface area contributed by atoms with Gasteiger partial charge in [0, 0.05) is 25.5 Å². The number of carbonyl (C=O) groups excluding carboxylic acids is 3. The summed E-state index contributed by atoms with van der Waals surface area (Å²) in [6.07, 6.45) is 3.63. The molecule has 178 valence electrons. The molecule has 0 fully saturated rings. The largest absolute Gasteiger partial charge is 0.496 e. The SMILES string of the molecule is CCCCCC(c1ccc(COC(C)=O)cc1OC)C(C(N)=O)c1ccccc1C(=O)NC. The van der Waals surface area contributed by atoms with Gasteiger partial charge in [0.25, 0.3) is 5.91 Å². The number of benzene rings is 2. The van der Waals surface area contributed by atoms with Gasteiger partial charge in [-0.15, -0.1) is 0 Å². The number of esters is 1. The van der Waals surface area contributed by atoms with Gasteiger partial charge in [-0.1, -0.05) is 56.5 Å². The summed E-state index contributed by atoms with van der Waals surface area (Å²) in [4.78, 5) is 36.6. The summed E-state index contributed by atoms with van der Waals surface area (Å²) in [5, 5.41) is 2.64. The molecule has 7 heteroatoms. The van der Waals surface area contributed by atoms with Gasteiger partial charge in [-0.2, -0.15) is 0 Å². The maximum Gasteiger partial charge on any atom is 0.302 e. The Bertz CT molecular complexity index is 973. The fraction of sp³-hybridized carbons (Fsp3) is 0.423. The van der Waals surface area contributed by atoms with Gasteiger partial charge in [0.05, 0.1) is 13.0 Å². The third kappa shape index (κ3) is 6.81. The van der Waals surface area contributed by atoms with Crippen LogP contribution in [0.5, 0.6) is 5.75 Å². The molecule has 0 radical (unpaired) electrons. The van der Waals surface area contributed by atoms with Crippen molar-refractivity contribution in [1.82, 2.24) is 5.32 Å². The lowest BCUT2D eigenvalue weighted by atomic mass is 9.76. The number of primary amides is 1. The molecule has 0 aliphatic heterocycles. The Morgan fingerprint density at radius 1 is 1.06 bits per heavy atom. The lowest BCUT2D eigenvalue weighted by Gasteiger charge is -2.28. The zero-order valence-corrected chi connectivity index (χ0v) is 19.9. The monoisotopic (exact) mass is 454 g/mol. The van der Waals surface area contributed by atoms with Gasteiger partial charge < -0.3 is 20.5 Å². The highest BCUT2D eigenvalue weighted by molar-refractivity contribution is 5.98. The summed E-state index contributed by atoms with van der Waals surface area (Å²) in [7, 11) is 3.12. The summed E-state index contributed by atoms with van der Waals surface area (Å²) >= 11 is 0. The molecular weight excluding hydrogens is 420 g/mol. The molecule has 2 aromatic rings. The van der Waals surface area contributed by atoms with Gasteiger partial charge in [-0.05, 0) is 35.2 Å². The Morgan fingerprint density at radius 3 is 2.39 bits per heavy atom. The molecule has 0 aliphatic carbocycles. The Morgan fingerprint density at radius 2 is 1.79 bits per heavy atom. The van der Waals surface area contributed by atoms with Crippen molar-refractivity contribution in [3.8, 4) is 5.75 Å². The number of hydrogen-bond acceptors (Lipinski definition) is 5. The van der Waals surface area contributed by atoms with Gasteiger partial charge in [0.2, 0.25) is 5.91 Å². The maximum atomic E-state index is 12.8. The number of rotatable bonds is 12. The van der Waals surface area contributed by atoms with E-state index in [2.05, 4.69) is 12.2 Å². The number of methoxy groups -OCH3 is 1. The molecule has 0 saturated heterocycles. The first-order chi connectivity index (χ1) is 15.8. The quantitative estimate of drug-likeness (QED) is 0.372. The van der Waals surface area contributed by atoms with Crippen LogP contribution in [0.1, 0.15) is 78.4 Å². The predicted molar refractivity (Wildman–Crippen MR) is 127 cm³/mol. The number of nitrogens with one attached hydrogen (secondary N) is 1. The van der Waals surface area contributed by atoms with Gasteiger partial charge in [-0.3, -0.25) is 14.4 Å². The molecule has 2 rings (SSSR count). The Hall–Kier alpha value is -3.35. The molecule has 0 aliphatic rings. The molecule has 2 aromatic carbocycles. The molecule has 2 atom stereocenters. The smallest absolute Gasteiger partial charge is 0.302 e. The van der Waals surface area contributed by atoms with E-state index in [4.69, 9.17) is 15.2 Å². The Labute approximate surface area is 195 Å². The molecule has 33 heavy (non-hydrogen) atoms. The molecule has 0 spiro atoms. The first-order valence-corrected chi connectivity index (χ1v) is 11.2. The van der Waals surface area contributed by atoms with Crippen LogP contribution in [0.15, 0.2) is 42.5 Å². The average molecular weight is 455 g/mol. The highest BCUT2D eigenvalue weighted by Crippen LogP contribution is 2.42. The summed E-state index contributed by atoms with van der Waals surface area (Å²) in [6.45, 7) is 3.60. The third-order valence-corrected chi connectivity index (χ3v) is 5.73. The van der Waals surface area contributed by atoms with Crippen molar-refractivity contribution in [2.24, 2.45) is 5.73 Å². The highest BCUT2D eigenvalue weighted by Gasteiger charge is 2.33. The van der Waals surface area contributed by atoms with Crippen molar-refractivity contribution in [1.29, 1.82) is 0 Å². The van der Waals surface area contributed by atoms with Crippen LogP contribution in [0.4, 0.5) is 0 Å². The lowest BCUT2D eigenvalue weighted by molar-refractivity contribution is -0.142. The Kier molecular flexibility index (Phi) is 9.91. The van der Waals surface area contributed by atoms with Crippen molar-refractivity contribution in [3.63, 3.8) is 0 Å².